The van der Waals surface area contributed by atoms with Crippen molar-refractivity contribution in [2.45, 2.75) is 51.6 Å². The second-order valence-electron chi connectivity index (χ2n) is 10.4. The van der Waals surface area contributed by atoms with E-state index in [9.17, 15) is 19.2 Å². The maximum atomic E-state index is 13.8. The quantitative estimate of drug-likeness (QED) is 0.474. The molecule has 0 aliphatic carbocycles. The lowest BCUT2D eigenvalue weighted by molar-refractivity contribution is -0.817. The number of rotatable bonds is 9. The van der Waals surface area contributed by atoms with Crippen molar-refractivity contribution in [2.24, 2.45) is 5.92 Å². The van der Waals surface area contributed by atoms with Gasteiger partial charge in [0.15, 0.2) is 0 Å². The van der Waals surface area contributed by atoms with Crippen molar-refractivity contribution in [2.75, 3.05) is 13.6 Å². The van der Waals surface area contributed by atoms with Gasteiger partial charge < -0.3 is 24.3 Å². The van der Waals surface area contributed by atoms with Gasteiger partial charge in [0.05, 0.1) is 12.1 Å². The van der Waals surface area contributed by atoms with Crippen LogP contribution in [0.25, 0.3) is 0 Å². The fourth-order valence-corrected chi connectivity index (χ4v) is 5.26. The molecule has 2 aliphatic rings. The lowest BCUT2D eigenvalue weighted by Gasteiger charge is -2.47. The van der Waals surface area contributed by atoms with Crippen molar-refractivity contribution in [3.05, 3.63) is 60.2 Å². The summed E-state index contributed by atoms with van der Waals surface area (Å²) in [5, 5.41) is 5.74. The molecule has 2 unspecified atom stereocenters. The molecule has 196 valence electrons. The normalized spacial score (nSPS) is 26.1. The second-order valence-corrected chi connectivity index (χ2v) is 10.4. The first kappa shape index (κ1) is 26.3. The van der Waals surface area contributed by atoms with Crippen molar-refractivity contribution in [3.8, 4) is 0 Å². The summed E-state index contributed by atoms with van der Waals surface area (Å²) in [7, 11) is 1.75. The predicted octanol–water partition coefficient (Wildman–Crippen LogP) is 0.775. The molecule has 1 aromatic heterocycles. The summed E-state index contributed by atoms with van der Waals surface area (Å²) in [6, 6.07) is 7.65. The van der Waals surface area contributed by atoms with Gasteiger partial charge in [-0.1, -0.05) is 44.2 Å². The topological polar surface area (TPSA) is 137 Å². The molecule has 11 nitrogen and oxygen atoms in total. The Bertz CT molecular complexity index is 1180. The highest BCUT2D eigenvalue weighted by atomic mass is 16.7. The largest absolute Gasteiger partial charge is 0.605 e. The van der Waals surface area contributed by atoms with Crippen molar-refractivity contribution in [1.82, 2.24) is 20.6 Å². The van der Waals surface area contributed by atoms with Gasteiger partial charge in [-0.05, 0) is 24.8 Å². The molecule has 3 heterocycles. The zero-order valence-corrected chi connectivity index (χ0v) is 21.4. The molecule has 2 aromatic rings. The summed E-state index contributed by atoms with van der Waals surface area (Å²) in [4.78, 5) is 59.7. The summed E-state index contributed by atoms with van der Waals surface area (Å²) in [6.07, 6.45) is 4.75. The van der Waals surface area contributed by atoms with E-state index in [1.165, 1.54) is 18.6 Å². The van der Waals surface area contributed by atoms with Crippen molar-refractivity contribution in [3.63, 3.8) is 0 Å². The van der Waals surface area contributed by atoms with Crippen LogP contribution in [0.1, 0.15) is 43.2 Å². The van der Waals surface area contributed by atoms with Gasteiger partial charge in [-0.25, -0.2) is 9.78 Å². The number of likely N-dealkylation sites (N-methyl/N-ethyl adjacent to an activating group) is 1. The number of nitrogens with zero attached hydrogens (tertiary/aromatic N) is 3. The van der Waals surface area contributed by atoms with E-state index in [4.69, 9.17) is 9.31 Å². The Kier molecular flexibility index (Phi) is 7.31. The van der Waals surface area contributed by atoms with Crippen LogP contribution in [-0.4, -0.2) is 76.4 Å². The number of hydrogen-bond acceptors (Lipinski definition) is 8. The van der Waals surface area contributed by atoms with E-state index in [-0.39, 0.29) is 29.0 Å². The average Bonchev–Trinajstić information content (AvgIpc) is 3.23. The molecule has 5 atom stereocenters. The summed E-state index contributed by atoms with van der Waals surface area (Å²) in [6.45, 7) is 3.02. The molecule has 0 radical (unpaired) electrons. The molecule has 2 N–H and O–H groups in total. The van der Waals surface area contributed by atoms with Crippen molar-refractivity contribution < 1.29 is 32.9 Å². The maximum absolute atomic E-state index is 13.8. The highest BCUT2D eigenvalue weighted by Crippen LogP contribution is 2.41. The molecule has 4 rings (SSSR count). The molecular weight excluding hydrogens is 477 g/mol. The summed E-state index contributed by atoms with van der Waals surface area (Å²) in [5.74, 6) is -2.72. The summed E-state index contributed by atoms with van der Waals surface area (Å²) in [5.41, 5.74) is 0.905. The number of quaternary nitrogens is 1. The lowest BCUT2D eigenvalue weighted by atomic mass is 9.57. The molecule has 0 bridgehead atoms. The Hall–Kier alpha value is -3.80. The second kappa shape index (κ2) is 10.3. The fourth-order valence-electron chi connectivity index (χ4n) is 5.26. The molecule has 2 amide bonds. The van der Waals surface area contributed by atoms with E-state index in [1.54, 1.807) is 14.0 Å². The SMILES string of the molecule is CC(C)C[C@H](NC(=O)[C@H](Cc1ccccc1)NC(=O)c1cnccn1)[B-]12OC(=O)C[N+]1(C)[C@@H](C)C(=O)O2. The van der Waals surface area contributed by atoms with Crippen LogP contribution in [0.3, 0.4) is 0 Å². The van der Waals surface area contributed by atoms with E-state index >= 15 is 0 Å². The van der Waals surface area contributed by atoms with Gasteiger partial charge in [0.2, 0.25) is 5.91 Å². The number of benzene rings is 1. The first-order valence-electron chi connectivity index (χ1n) is 12.4. The molecule has 0 spiro atoms. The third-order valence-corrected chi connectivity index (χ3v) is 7.36. The van der Waals surface area contributed by atoms with Gasteiger partial charge in [-0.15, -0.1) is 0 Å². The molecule has 2 fully saturated rings. The number of hydrogen-bond donors (Lipinski definition) is 2. The number of aromatic nitrogens is 2. The zero-order valence-electron chi connectivity index (χ0n) is 21.4. The minimum Gasteiger partial charge on any atom is -0.599 e. The molecule has 1 aromatic carbocycles. The number of fused-ring (bicyclic) bond motifs is 1. The van der Waals surface area contributed by atoms with Gasteiger partial charge in [0.25, 0.3) is 5.91 Å². The first-order chi connectivity index (χ1) is 17.6. The highest BCUT2D eigenvalue weighted by Gasteiger charge is 2.72. The monoisotopic (exact) mass is 509 g/mol. The van der Waals surface area contributed by atoms with Gasteiger partial charge in [0.1, 0.15) is 24.3 Å². The smallest absolute Gasteiger partial charge is 0.599 e. The van der Waals surface area contributed by atoms with Gasteiger partial charge in [-0.3, -0.25) is 19.4 Å². The van der Waals surface area contributed by atoms with Crippen molar-refractivity contribution in [1.29, 1.82) is 0 Å². The lowest BCUT2D eigenvalue weighted by Crippen LogP contribution is -2.73. The Morgan fingerprint density at radius 2 is 1.86 bits per heavy atom. The molecular formula is C25H32BN5O6. The minimum atomic E-state index is -2.57. The highest BCUT2D eigenvalue weighted by molar-refractivity contribution is 6.68. The van der Waals surface area contributed by atoms with Gasteiger partial charge in [0, 0.05) is 25.9 Å². The molecule has 2 aliphatic heterocycles. The van der Waals surface area contributed by atoms with Crippen molar-refractivity contribution >= 4 is 30.4 Å². The molecule has 2 saturated heterocycles. The van der Waals surface area contributed by atoms with Gasteiger partial charge >= 0.3 is 18.6 Å². The van der Waals surface area contributed by atoms with Crippen LogP contribution in [-0.2, 0) is 30.1 Å². The third kappa shape index (κ3) is 5.06. The number of carbonyl (C=O) groups is 4. The Morgan fingerprint density at radius 3 is 2.51 bits per heavy atom. The van der Waals surface area contributed by atoms with Crippen LogP contribution < -0.4 is 10.6 Å². The minimum absolute atomic E-state index is 0.0335. The van der Waals surface area contributed by atoms with E-state index in [1.807, 2.05) is 44.2 Å². The van der Waals surface area contributed by atoms with Gasteiger partial charge in [-0.2, -0.15) is 0 Å². The standard InChI is InChI=1S/C25H32BN5O6/c1-16(2)12-21(26-31(4,15-22(32)36-26)17(3)25(35)37-26)30-23(33)19(13-18-8-6-5-7-9-18)29-24(34)20-14-27-10-11-28-20/h5-11,14,16-17,19,21H,12-13,15H2,1-4H3,(H,29,34)(H,30,33)/t17-,19-,21-,26?,31?/m0/s1. The van der Waals surface area contributed by atoms with E-state index in [0.717, 1.165) is 5.56 Å². The number of nitrogens with one attached hydrogen (secondary N) is 2. The van der Waals surface area contributed by atoms with Crippen LogP contribution in [0.4, 0.5) is 0 Å². The van der Waals surface area contributed by atoms with Crippen LogP contribution in [0, 0.1) is 5.92 Å². The number of carbonyl (C=O) groups excluding carboxylic acids is 4. The van der Waals surface area contributed by atoms with Crippen LogP contribution in [0.15, 0.2) is 48.9 Å². The van der Waals surface area contributed by atoms with Crippen LogP contribution in [0.2, 0.25) is 0 Å². The molecule has 0 saturated carbocycles. The Morgan fingerprint density at radius 1 is 1.14 bits per heavy atom. The Labute approximate surface area is 215 Å². The van der Waals surface area contributed by atoms with Crippen LogP contribution >= 0.6 is 0 Å². The first-order valence-corrected chi connectivity index (χ1v) is 12.4. The maximum Gasteiger partial charge on any atom is 0.605 e. The third-order valence-electron chi connectivity index (χ3n) is 7.36. The summed E-state index contributed by atoms with van der Waals surface area (Å²) >= 11 is 0. The molecule has 37 heavy (non-hydrogen) atoms. The predicted molar refractivity (Wildman–Crippen MR) is 133 cm³/mol. The Balaban J connectivity index is 1.64. The summed E-state index contributed by atoms with van der Waals surface area (Å²) < 4.78 is 11.5. The molecule has 12 heteroatoms. The van der Waals surface area contributed by atoms with E-state index in [0.29, 0.717) is 6.42 Å². The van der Waals surface area contributed by atoms with Crippen LogP contribution in [0.5, 0.6) is 0 Å². The van der Waals surface area contributed by atoms with E-state index < -0.39 is 48.5 Å². The fraction of sp³-hybridized carbons (Fsp3) is 0.440. The number of amides is 2. The van der Waals surface area contributed by atoms with E-state index in [2.05, 4.69) is 20.6 Å². The average molecular weight is 509 g/mol. The zero-order chi connectivity index (χ0) is 26.8.